The second kappa shape index (κ2) is 6.26. The van der Waals surface area contributed by atoms with Crippen LogP contribution in [-0.2, 0) is 9.39 Å². The molecule has 0 fully saturated rings. The fourth-order valence-corrected chi connectivity index (χ4v) is 2.10. The summed E-state index contributed by atoms with van der Waals surface area (Å²) >= 11 is 1.11. The van der Waals surface area contributed by atoms with Crippen LogP contribution in [-0.4, -0.2) is 41.0 Å². The zero-order valence-electron chi connectivity index (χ0n) is 12.5. The Morgan fingerprint density at radius 2 is 1.95 bits per heavy atom. The third-order valence-electron chi connectivity index (χ3n) is 3.23. The molecule has 0 spiro atoms. The quantitative estimate of drug-likeness (QED) is 0.609. The monoisotopic (exact) mass is 300 g/mol. The van der Waals surface area contributed by atoms with E-state index in [0.29, 0.717) is 16.3 Å². The van der Waals surface area contributed by atoms with E-state index in [2.05, 4.69) is 0 Å². The molecule has 0 aromatic carbocycles. The fraction of sp³-hybridized carbons (Fsp3) is 0.615. The van der Waals surface area contributed by atoms with Gasteiger partial charge in [0, 0.05) is 4.78 Å². The molecule has 1 aromatic rings. The molecule has 0 unspecified atom stereocenters. The number of aliphatic hydroxyl groups is 1. The Morgan fingerprint density at radius 1 is 1.35 bits per heavy atom. The molecule has 1 heterocycles. The molecular weight excluding hydrogens is 279 g/mol. The predicted molar refractivity (Wildman–Crippen MR) is 79.3 cm³/mol. The molecular formula is C13H21BO5S. The minimum Gasteiger partial charge on any atom is -0.462 e. The number of carbonyl (C=O) groups is 1. The third-order valence-corrected chi connectivity index (χ3v) is 4.32. The summed E-state index contributed by atoms with van der Waals surface area (Å²) in [5, 5.41) is 20.1. The maximum Gasteiger partial charge on any atom is 0.502 e. The average Bonchev–Trinajstić information content (AvgIpc) is 2.76. The highest BCUT2D eigenvalue weighted by atomic mass is 32.1. The molecule has 5 nitrogen and oxygen atoms in total. The maximum absolute atomic E-state index is 11.6. The lowest BCUT2D eigenvalue weighted by Gasteiger charge is -2.38. The number of esters is 1. The summed E-state index contributed by atoms with van der Waals surface area (Å²) in [6.45, 7) is 8.63. The summed E-state index contributed by atoms with van der Waals surface area (Å²) in [6.07, 6.45) is 0. The number of carbonyl (C=O) groups excluding carboxylic acids is 1. The van der Waals surface area contributed by atoms with Crippen LogP contribution < -0.4 is 4.78 Å². The molecule has 0 amide bonds. The average molecular weight is 300 g/mol. The first-order valence-electron chi connectivity index (χ1n) is 6.43. The molecule has 0 saturated carbocycles. The van der Waals surface area contributed by atoms with E-state index in [1.807, 2.05) is 0 Å². The molecule has 0 radical (unpaired) electrons. The van der Waals surface area contributed by atoms with E-state index in [4.69, 9.17) is 9.39 Å². The molecule has 0 bridgehead atoms. The molecule has 0 aliphatic heterocycles. The van der Waals surface area contributed by atoms with Gasteiger partial charge in [-0.1, -0.05) is 6.07 Å². The Labute approximate surface area is 123 Å². The van der Waals surface area contributed by atoms with Crippen molar-refractivity contribution in [3.63, 3.8) is 0 Å². The van der Waals surface area contributed by atoms with E-state index >= 15 is 0 Å². The summed E-state index contributed by atoms with van der Waals surface area (Å²) in [4.78, 5) is 12.0. The summed E-state index contributed by atoms with van der Waals surface area (Å²) in [5.41, 5.74) is -2.06. The molecule has 0 aliphatic carbocycles. The first-order chi connectivity index (χ1) is 9.08. The van der Waals surface area contributed by atoms with Gasteiger partial charge in [-0.05, 0) is 40.7 Å². The summed E-state index contributed by atoms with van der Waals surface area (Å²) in [5.74, 6) is -0.419. The molecule has 112 valence electrons. The minimum atomic E-state index is -1.20. The van der Waals surface area contributed by atoms with Gasteiger partial charge in [0.05, 0.1) is 17.8 Å². The van der Waals surface area contributed by atoms with Crippen molar-refractivity contribution in [1.29, 1.82) is 0 Å². The van der Waals surface area contributed by atoms with Crippen LogP contribution in [0, 0.1) is 0 Å². The smallest absolute Gasteiger partial charge is 0.462 e. The lowest BCUT2D eigenvalue weighted by Crippen LogP contribution is -2.52. The van der Waals surface area contributed by atoms with Gasteiger partial charge in [0.1, 0.15) is 4.88 Å². The van der Waals surface area contributed by atoms with Crippen molar-refractivity contribution in [1.82, 2.24) is 0 Å². The van der Waals surface area contributed by atoms with Crippen LogP contribution >= 0.6 is 11.3 Å². The van der Waals surface area contributed by atoms with Crippen molar-refractivity contribution in [2.24, 2.45) is 0 Å². The molecule has 0 atom stereocenters. The topological polar surface area (TPSA) is 76.0 Å². The lowest BCUT2D eigenvalue weighted by atomic mass is 9.82. The summed E-state index contributed by atoms with van der Waals surface area (Å²) in [6, 6.07) is 3.20. The molecule has 0 saturated heterocycles. The summed E-state index contributed by atoms with van der Waals surface area (Å²) in [7, 11) is -1.20. The van der Waals surface area contributed by atoms with Crippen LogP contribution in [0.15, 0.2) is 12.1 Å². The number of thiophene rings is 1. The van der Waals surface area contributed by atoms with Crippen LogP contribution in [0.1, 0.15) is 44.3 Å². The Bertz CT molecular complexity index is 464. The van der Waals surface area contributed by atoms with Crippen LogP contribution in [0.4, 0.5) is 0 Å². The van der Waals surface area contributed by atoms with Crippen molar-refractivity contribution < 1.29 is 24.3 Å². The van der Waals surface area contributed by atoms with E-state index in [1.54, 1.807) is 46.8 Å². The highest BCUT2D eigenvalue weighted by Gasteiger charge is 2.40. The Hall–Kier alpha value is -0.885. The van der Waals surface area contributed by atoms with Gasteiger partial charge in [0.25, 0.3) is 0 Å². The van der Waals surface area contributed by atoms with E-state index in [1.165, 1.54) is 0 Å². The standard InChI is InChI=1S/C13H21BO5S/c1-6-18-11(15)9-7-8-10(20-9)14(17)19-13(4,5)12(2,3)16/h7-8,16-17H,6H2,1-5H3. The molecule has 7 heteroatoms. The van der Waals surface area contributed by atoms with Crippen LogP contribution in [0.3, 0.4) is 0 Å². The van der Waals surface area contributed by atoms with Gasteiger partial charge in [-0.3, -0.25) is 0 Å². The van der Waals surface area contributed by atoms with Gasteiger partial charge in [0.15, 0.2) is 0 Å². The third kappa shape index (κ3) is 4.05. The van der Waals surface area contributed by atoms with Crippen LogP contribution in [0.2, 0.25) is 0 Å². The van der Waals surface area contributed by atoms with Gasteiger partial charge in [-0.15, -0.1) is 11.3 Å². The van der Waals surface area contributed by atoms with Gasteiger partial charge in [-0.25, -0.2) is 4.79 Å². The normalized spacial score (nSPS) is 12.3. The number of hydrogen-bond acceptors (Lipinski definition) is 6. The number of rotatable bonds is 6. The SMILES string of the molecule is CCOC(=O)c1ccc(B(O)OC(C)(C)C(C)(C)O)s1. The highest BCUT2D eigenvalue weighted by molar-refractivity contribution is 7.23. The first-order valence-corrected chi connectivity index (χ1v) is 7.25. The van der Waals surface area contributed by atoms with E-state index in [-0.39, 0.29) is 0 Å². The van der Waals surface area contributed by atoms with E-state index in [0.717, 1.165) is 11.3 Å². The Balaban J connectivity index is 2.79. The minimum absolute atomic E-state index is 0.302. The van der Waals surface area contributed by atoms with Crippen molar-refractivity contribution in [3.05, 3.63) is 17.0 Å². The zero-order valence-corrected chi connectivity index (χ0v) is 13.3. The van der Waals surface area contributed by atoms with Gasteiger partial charge < -0.3 is 19.5 Å². The van der Waals surface area contributed by atoms with Crippen LogP contribution in [0.25, 0.3) is 0 Å². The van der Waals surface area contributed by atoms with Crippen LogP contribution in [0.5, 0.6) is 0 Å². The van der Waals surface area contributed by atoms with Gasteiger partial charge in [0.2, 0.25) is 0 Å². The van der Waals surface area contributed by atoms with Crippen molar-refractivity contribution in [2.75, 3.05) is 6.61 Å². The second-order valence-electron chi connectivity index (χ2n) is 5.46. The van der Waals surface area contributed by atoms with E-state index < -0.39 is 24.3 Å². The van der Waals surface area contributed by atoms with Gasteiger partial charge >= 0.3 is 13.1 Å². The molecule has 1 rings (SSSR count). The molecule has 1 aromatic heterocycles. The molecule has 20 heavy (non-hydrogen) atoms. The Morgan fingerprint density at radius 3 is 2.45 bits per heavy atom. The predicted octanol–water partition coefficient (Wildman–Crippen LogP) is 1.18. The Kier molecular flexibility index (Phi) is 5.37. The largest absolute Gasteiger partial charge is 0.502 e. The summed E-state index contributed by atoms with van der Waals surface area (Å²) < 4.78 is 10.9. The maximum atomic E-state index is 11.6. The lowest BCUT2D eigenvalue weighted by molar-refractivity contribution is -0.0981. The number of ether oxygens (including phenoxy) is 1. The van der Waals surface area contributed by atoms with E-state index in [9.17, 15) is 14.9 Å². The first kappa shape index (κ1) is 17.2. The van der Waals surface area contributed by atoms with Crippen molar-refractivity contribution >= 4 is 29.2 Å². The van der Waals surface area contributed by atoms with Crippen molar-refractivity contribution in [2.45, 2.75) is 45.8 Å². The molecule has 2 N–H and O–H groups in total. The zero-order chi connectivity index (χ0) is 15.6. The number of hydrogen-bond donors (Lipinski definition) is 2. The molecule has 0 aliphatic rings. The fourth-order valence-electron chi connectivity index (χ4n) is 1.28. The van der Waals surface area contributed by atoms with Gasteiger partial charge in [-0.2, -0.15) is 0 Å². The second-order valence-corrected chi connectivity index (χ2v) is 6.58. The highest BCUT2D eigenvalue weighted by Crippen LogP contribution is 2.25. The van der Waals surface area contributed by atoms with Crippen molar-refractivity contribution in [3.8, 4) is 0 Å².